The predicted molar refractivity (Wildman–Crippen MR) is 94.9 cm³/mol. The highest BCUT2D eigenvalue weighted by molar-refractivity contribution is 5.94. The van der Waals surface area contributed by atoms with Crippen molar-refractivity contribution in [3.63, 3.8) is 0 Å². The van der Waals surface area contributed by atoms with Gasteiger partial charge in [-0.25, -0.2) is 9.67 Å². The molecule has 0 bridgehead atoms. The number of carbonyl (C=O) groups excluding carboxylic acids is 1. The van der Waals surface area contributed by atoms with E-state index in [0.717, 1.165) is 11.3 Å². The molecule has 2 aromatic carbocycles. The summed E-state index contributed by atoms with van der Waals surface area (Å²) in [6, 6.07) is 15.0. The smallest absolute Gasteiger partial charge is 0.254 e. The van der Waals surface area contributed by atoms with E-state index in [1.807, 2.05) is 43.3 Å². The van der Waals surface area contributed by atoms with Crippen molar-refractivity contribution in [2.75, 3.05) is 14.2 Å². The lowest BCUT2D eigenvalue weighted by molar-refractivity contribution is 0.0742. The van der Waals surface area contributed by atoms with Gasteiger partial charge < -0.3 is 9.64 Å². The van der Waals surface area contributed by atoms with Gasteiger partial charge in [-0.15, -0.1) is 0 Å². The van der Waals surface area contributed by atoms with Gasteiger partial charge in [-0.05, 0) is 42.8 Å². The maximum Gasteiger partial charge on any atom is 0.254 e. The lowest BCUT2D eigenvalue weighted by atomic mass is 10.1. The summed E-state index contributed by atoms with van der Waals surface area (Å²) in [5.74, 6) is 0.621. The number of methoxy groups -OCH3 is 1. The number of aromatic nitrogens is 3. The van der Waals surface area contributed by atoms with E-state index in [9.17, 15) is 4.79 Å². The largest absolute Gasteiger partial charge is 0.497 e. The van der Waals surface area contributed by atoms with Crippen molar-refractivity contribution in [1.82, 2.24) is 19.7 Å². The van der Waals surface area contributed by atoms with Crippen LogP contribution >= 0.6 is 0 Å². The Labute approximate surface area is 146 Å². The average molecular weight is 336 g/mol. The van der Waals surface area contributed by atoms with E-state index in [-0.39, 0.29) is 11.9 Å². The molecule has 0 aliphatic carbocycles. The molecule has 0 unspecified atom stereocenters. The molecule has 0 saturated heterocycles. The van der Waals surface area contributed by atoms with Gasteiger partial charge in [0.2, 0.25) is 0 Å². The Morgan fingerprint density at radius 2 is 1.96 bits per heavy atom. The Morgan fingerprint density at radius 1 is 1.20 bits per heavy atom. The second-order valence-corrected chi connectivity index (χ2v) is 5.76. The summed E-state index contributed by atoms with van der Waals surface area (Å²) < 4.78 is 6.89. The third-order valence-corrected chi connectivity index (χ3v) is 4.28. The summed E-state index contributed by atoms with van der Waals surface area (Å²) in [5.41, 5.74) is 2.57. The van der Waals surface area contributed by atoms with E-state index in [4.69, 9.17) is 4.74 Å². The second-order valence-electron chi connectivity index (χ2n) is 5.76. The van der Waals surface area contributed by atoms with E-state index in [1.54, 1.807) is 42.2 Å². The molecule has 0 N–H and O–H groups in total. The van der Waals surface area contributed by atoms with Gasteiger partial charge in [0.1, 0.15) is 18.4 Å². The molecule has 25 heavy (non-hydrogen) atoms. The molecule has 1 heterocycles. The van der Waals surface area contributed by atoms with Crippen LogP contribution in [0.15, 0.2) is 61.2 Å². The van der Waals surface area contributed by atoms with E-state index in [1.165, 1.54) is 6.33 Å². The van der Waals surface area contributed by atoms with Crippen molar-refractivity contribution < 1.29 is 9.53 Å². The van der Waals surface area contributed by atoms with Crippen molar-refractivity contribution in [1.29, 1.82) is 0 Å². The van der Waals surface area contributed by atoms with Gasteiger partial charge in [-0.3, -0.25) is 4.79 Å². The number of hydrogen-bond donors (Lipinski definition) is 0. The van der Waals surface area contributed by atoms with E-state index in [0.29, 0.717) is 11.3 Å². The van der Waals surface area contributed by atoms with Crippen molar-refractivity contribution in [2.45, 2.75) is 13.0 Å². The zero-order valence-electron chi connectivity index (χ0n) is 14.5. The highest BCUT2D eigenvalue weighted by Crippen LogP contribution is 2.23. The Morgan fingerprint density at radius 3 is 2.60 bits per heavy atom. The molecule has 0 saturated carbocycles. The van der Waals surface area contributed by atoms with Crippen LogP contribution in [-0.2, 0) is 0 Å². The molecule has 3 aromatic rings. The van der Waals surface area contributed by atoms with Gasteiger partial charge in [-0.1, -0.05) is 18.2 Å². The topological polar surface area (TPSA) is 60.2 Å². The molecule has 1 atom stereocenters. The van der Waals surface area contributed by atoms with Crippen LogP contribution in [0.1, 0.15) is 28.9 Å². The summed E-state index contributed by atoms with van der Waals surface area (Å²) >= 11 is 0. The number of hydrogen-bond acceptors (Lipinski definition) is 4. The minimum atomic E-state index is -0.0662. The molecule has 0 spiro atoms. The van der Waals surface area contributed by atoms with Gasteiger partial charge in [0.05, 0.1) is 18.8 Å². The molecule has 1 aromatic heterocycles. The van der Waals surface area contributed by atoms with Crippen LogP contribution in [-0.4, -0.2) is 39.7 Å². The highest BCUT2D eigenvalue weighted by Gasteiger charge is 2.19. The Balaban J connectivity index is 1.77. The molecular formula is C19H20N4O2. The molecule has 6 nitrogen and oxygen atoms in total. The van der Waals surface area contributed by atoms with E-state index in [2.05, 4.69) is 10.1 Å². The zero-order chi connectivity index (χ0) is 17.8. The van der Waals surface area contributed by atoms with Crippen LogP contribution < -0.4 is 4.74 Å². The molecule has 6 heteroatoms. The minimum absolute atomic E-state index is 0.0493. The second kappa shape index (κ2) is 7.17. The zero-order valence-corrected chi connectivity index (χ0v) is 14.5. The number of benzene rings is 2. The van der Waals surface area contributed by atoms with E-state index < -0.39 is 0 Å². The molecule has 0 fully saturated rings. The summed E-state index contributed by atoms with van der Waals surface area (Å²) in [5, 5.41) is 4.11. The summed E-state index contributed by atoms with van der Waals surface area (Å²) in [6.07, 6.45) is 3.15. The number of carbonyl (C=O) groups is 1. The van der Waals surface area contributed by atoms with Crippen LogP contribution in [0.3, 0.4) is 0 Å². The third kappa shape index (κ3) is 3.52. The molecular weight excluding hydrogens is 316 g/mol. The first-order chi connectivity index (χ1) is 12.1. The fourth-order valence-corrected chi connectivity index (χ4v) is 2.61. The summed E-state index contributed by atoms with van der Waals surface area (Å²) in [4.78, 5) is 18.4. The normalized spacial score (nSPS) is 11.8. The maximum absolute atomic E-state index is 12.7. The fraction of sp³-hybridized carbons (Fsp3) is 0.211. The van der Waals surface area contributed by atoms with Crippen molar-refractivity contribution >= 4 is 5.91 Å². The SMILES string of the molecule is COc1cccc(C(=O)N(C)[C@H](C)c2ccc(-n3cncn3)cc2)c1. The quantitative estimate of drug-likeness (QED) is 0.718. The van der Waals surface area contributed by atoms with Crippen molar-refractivity contribution in [3.8, 4) is 11.4 Å². The van der Waals surface area contributed by atoms with Gasteiger partial charge in [0, 0.05) is 12.6 Å². The van der Waals surface area contributed by atoms with Crippen LogP contribution in [0.5, 0.6) is 5.75 Å². The Kier molecular flexibility index (Phi) is 4.79. The van der Waals surface area contributed by atoms with Crippen LogP contribution in [0.25, 0.3) is 5.69 Å². The molecule has 0 aliphatic rings. The molecule has 128 valence electrons. The minimum Gasteiger partial charge on any atom is -0.497 e. The predicted octanol–water partition coefficient (Wildman–Crippen LogP) is 3.11. The van der Waals surface area contributed by atoms with E-state index >= 15 is 0 Å². The third-order valence-electron chi connectivity index (χ3n) is 4.28. The van der Waals surface area contributed by atoms with Gasteiger partial charge in [-0.2, -0.15) is 5.10 Å². The first kappa shape index (κ1) is 16.7. The first-order valence-corrected chi connectivity index (χ1v) is 7.96. The lowest BCUT2D eigenvalue weighted by Crippen LogP contribution is -2.29. The van der Waals surface area contributed by atoms with Crippen LogP contribution in [0, 0.1) is 0 Å². The van der Waals surface area contributed by atoms with Gasteiger partial charge >= 0.3 is 0 Å². The Bertz CT molecular complexity index is 844. The average Bonchev–Trinajstić information content (AvgIpc) is 3.21. The summed E-state index contributed by atoms with van der Waals surface area (Å²) in [6.45, 7) is 2.00. The molecule has 0 radical (unpaired) electrons. The van der Waals surface area contributed by atoms with Crippen LogP contribution in [0.4, 0.5) is 0 Å². The number of nitrogens with zero attached hydrogens (tertiary/aromatic N) is 4. The summed E-state index contributed by atoms with van der Waals surface area (Å²) in [7, 11) is 3.39. The number of amides is 1. The molecule has 0 aliphatic heterocycles. The monoisotopic (exact) mass is 336 g/mol. The van der Waals surface area contributed by atoms with Crippen LogP contribution in [0.2, 0.25) is 0 Å². The first-order valence-electron chi connectivity index (χ1n) is 7.96. The Hall–Kier alpha value is -3.15. The molecule has 1 amide bonds. The highest BCUT2D eigenvalue weighted by atomic mass is 16.5. The maximum atomic E-state index is 12.7. The molecule has 3 rings (SSSR count). The number of ether oxygens (including phenoxy) is 1. The number of rotatable bonds is 5. The van der Waals surface area contributed by atoms with Gasteiger partial charge in [0.15, 0.2) is 0 Å². The van der Waals surface area contributed by atoms with Crippen molar-refractivity contribution in [3.05, 3.63) is 72.3 Å². The van der Waals surface area contributed by atoms with Crippen molar-refractivity contribution in [2.24, 2.45) is 0 Å². The fourth-order valence-electron chi connectivity index (χ4n) is 2.61. The van der Waals surface area contributed by atoms with Gasteiger partial charge in [0.25, 0.3) is 5.91 Å². The standard InChI is InChI=1S/C19H20N4O2/c1-14(15-7-9-17(10-8-15)23-13-20-12-21-23)22(2)19(24)16-5-4-6-18(11-16)25-3/h4-14H,1-3H3/t14-/m1/s1. The lowest BCUT2D eigenvalue weighted by Gasteiger charge is -2.25.